The second-order valence-electron chi connectivity index (χ2n) is 7.28. The summed E-state index contributed by atoms with van der Waals surface area (Å²) >= 11 is 0. The number of hydrogen-bond acceptors (Lipinski definition) is 5. The lowest BCUT2D eigenvalue weighted by atomic mass is 10.1. The van der Waals surface area contributed by atoms with Crippen LogP contribution in [0.4, 0.5) is 30.8 Å². The summed E-state index contributed by atoms with van der Waals surface area (Å²) < 4.78 is 33.0. The molecule has 0 radical (unpaired) electrons. The van der Waals surface area contributed by atoms with Crippen LogP contribution in [-0.2, 0) is 0 Å². The zero-order chi connectivity index (χ0) is 21.7. The molecule has 0 atom stereocenters. The smallest absolute Gasteiger partial charge is 0.319 e. The molecule has 3 N–H and O–H groups in total. The lowest BCUT2D eigenvalue weighted by Crippen LogP contribution is -2.32. The van der Waals surface area contributed by atoms with Crippen molar-refractivity contribution in [3.63, 3.8) is 0 Å². The van der Waals surface area contributed by atoms with Crippen molar-refractivity contribution < 1.29 is 18.3 Å². The quantitative estimate of drug-likeness (QED) is 0.517. The number of nitrogens with zero attached hydrogens (tertiary/aromatic N) is 2. The van der Waals surface area contributed by atoms with Crippen molar-refractivity contribution in [1.82, 2.24) is 15.3 Å². The van der Waals surface area contributed by atoms with Crippen LogP contribution in [0.15, 0.2) is 42.7 Å². The highest BCUT2D eigenvalue weighted by molar-refractivity contribution is 5.92. The largest absolute Gasteiger partial charge is 0.497 e. The van der Waals surface area contributed by atoms with Gasteiger partial charge in [-0.3, -0.25) is 0 Å². The van der Waals surface area contributed by atoms with Gasteiger partial charge in [0.05, 0.1) is 18.0 Å². The zero-order valence-corrected chi connectivity index (χ0v) is 16.9. The number of fused-ring (bicyclic) bond motifs is 1. The van der Waals surface area contributed by atoms with Crippen molar-refractivity contribution in [3.8, 4) is 5.75 Å². The molecule has 0 saturated carbocycles. The molecule has 9 heteroatoms. The zero-order valence-electron chi connectivity index (χ0n) is 16.9. The van der Waals surface area contributed by atoms with E-state index in [-0.39, 0.29) is 18.4 Å². The number of hydrogen-bond donors (Lipinski definition) is 3. The van der Waals surface area contributed by atoms with Gasteiger partial charge in [0, 0.05) is 30.1 Å². The van der Waals surface area contributed by atoms with Crippen LogP contribution in [0, 0.1) is 5.82 Å². The van der Waals surface area contributed by atoms with Gasteiger partial charge in [-0.05, 0) is 44.5 Å². The Hall–Kier alpha value is -3.49. The Morgan fingerprint density at radius 1 is 1.13 bits per heavy atom. The van der Waals surface area contributed by atoms with Gasteiger partial charge in [-0.1, -0.05) is 0 Å². The van der Waals surface area contributed by atoms with Gasteiger partial charge >= 0.3 is 6.03 Å². The lowest BCUT2D eigenvalue weighted by Gasteiger charge is -2.14. The average Bonchev–Trinajstić information content (AvgIpc) is 2.68. The molecule has 1 aromatic heterocycles. The average molecular weight is 415 g/mol. The number of amides is 2. The molecule has 3 aromatic rings. The van der Waals surface area contributed by atoms with Crippen LogP contribution in [0.1, 0.15) is 20.3 Å². The minimum Gasteiger partial charge on any atom is -0.497 e. The molecule has 0 saturated heterocycles. The van der Waals surface area contributed by atoms with E-state index in [0.717, 1.165) is 0 Å². The number of rotatable bonds is 7. The molecular formula is C21H23F2N5O2. The standard InChI is InChI=1S/C21H23F2N5O2/c1-21(2,23)8-9-24-20(29)28-14-6-4-13(5-7-14)27-19-18-16(22)10-15(30-3)11-17(18)25-12-26-19/h4-7,10-12H,8-9H2,1-3H3,(H2,24,28,29)(H,25,26,27). The van der Waals surface area contributed by atoms with E-state index in [1.54, 1.807) is 30.3 Å². The van der Waals surface area contributed by atoms with E-state index in [9.17, 15) is 13.6 Å². The van der Waals surface area contributed by atoms with E-state index in [4.69, 9.17) is 4.74 Å². The third-order valence-electron chi connectivity index (χ3n) is 4.31. The number of nitrogens with one attached hydrogen (secondary N) is 3. The number of carbonyl (C=O) groups is 1. The first kappa shape index (κ1) is 21.2. The van der Waals surface area contributed by atoms with Gasteiger partial charge in [0.25, 0.3) is 0 Å². The van der Waals surface area contributed by atoms with Crippen LogP contribution in [0.3, 0.4) is 0 Å². The van der Waals surface area contributed by atoms with Crippen LogP contribution in [-0.4, -0.2) is 35.3 Å². The van der Waals surface area contributed by atoms with E-state index in [2.05, 4.69) is 25.9 Å². The molecule has 0 fully saturated rings. The topological polar surface area (TPSA) is 88.2 Å². The third-order valence-corrected chi connectivity index (χ3v) is 4.31. The molecule has 0 bridgehead atoms. The summed E-state index contributed by atoms with van der Waals surface area (Å²) in [5.41, 5.74) is 0.281. The fraction of sp³-hybridized carbons (Fsp3) is 0.286. The number of halogens is 2. The highest BCUT2D eigenvalue weighted by atomic mass is 19.1. The van der Waals surface area contributed by atoms with E-state index >= 15 is 0 Å². The highest BCUT2D eigenvalue weighted by Crippen LogP contribution is 2.29. The minimum absolute atomic E-state index is 0.221. The molecule has 0 aliphatic rings. The Balaban J connectivity index is 1.67. The van der Waals surface area contributed by atoms with Gasteiger partial charge < -0.3 is 20.7 Å². The number of aromatic nitrogens is 2. The number of urea groups is 1. The Kier molecular flexibility index (Phi) is 6.29. The van der Waals surface area contributed by atoms with Gasteiger partial charge in [0.2, 0.25) is 0 Å². The predicted molar refractivity (Wildman–Crippen MR) is 113 cm³/mol. The molecule has 1 heterocycles. The first-order valence-corrected chi connectivity index (χ1v) is 9.34. The van der Waals surface area contributed by atoms with Crippen LogP contribution in [0.5, 0.6) is 5.75 Å². The minimum atomic E-state index is -1.34. The SMILES string of the molecule is COc1cc(F)c2c(Nc3ccc(NC(=O)NCCC(C)(C)F)cc3)ncnc2c1. The van der Waals surface area contributed by atoms with E-state index in [1.807, 2.05) is 0 Å². The number of carbonyl (C=O) groups excluding carboxylic acids is 1. The predicted octanol–water partition coefficient (Wildman–Crippen LogP) is 4.78. The summed E-state index contributed by atoms with van der Waals surface area (Å²) in [6, 6.07) is 9.28. The van der Waals surface area contributed by atoms with Crippen molar-refractivity contribution >= 4 is 34.1 Å². The summed E-state index contributed by atoms with van der Waals surface area (Å²) in [5.74, 6) is 0.180. The second-order valence-corrected chi connectivity index (χ2v) is 7.28. The van der Waals surface area contributed by atoms with Gasteiger partial charge in [0.15, 0.2) is 0 Å². The normalized spacial score (nSPS) is 11.2. The Morgan fingerprint density at radius 2 is 1.83 bits per heavy atom. The summed E-state index contributed by atoms with van der Waals surface area (Å²) in [4.78, 5) is 20.1. The van der Waals surface area contributed by atoms with Crippen LogP contribution in [0.2, 0.25) is 0 Å². The molecule has 0 spiro atoms. The Bertz CT molecular complexity index is 1040. The molecule has 2 aromatic carbocycles. The van der Waals surface area contributed by atoms with E-state index < -0.39 is 17.5 Å². The Labute approximate surface area is 172 Å². The summed E-state index contributed by atoms with van der Waals surface area (Å²) in [6.07, 6.45) is 1.56. The van der Waals surface area contributed by atoms with Gasteiger partial charge in [-0.15, -0.1) is 0 Å². The van der Waals surface area contributed by atoms with Crippen molar-refractivity contribution in [3.05, 3.63) is 48.5 Å². The highest BCUT2D eigenvalue weighted by Gasteiger charge is 2.15. The van der Waals surface area contributed by atoms with Crippen molar-refractivity contribution in [2.75, 3.05) is 24.3 Å². The maximum Gasteiger partial charge on any atom is 0.319 e. The molecule has 158 valence electrons. The third kappa shape index (κ3) is 5.53. The van der Waals surface area contributed by atoms with Crippen molar-refractivity contribution in [1.29, 1.82) is 0 Å². The fourth-order valence-electron chi connectivity index (χ4n) is 2.75. The maximum absolute atomic E-state index is 14.5. The second kappa shape index (κ2) is 8.89. The fourth-order valence-corrected chi connectivity index (χ4v) is 2.75. The van der Waals surface area contributed by atoms with Crippen LogP contribution in [0.25, 0.3) is 10.9 Å². The Morgan fingerprint density at radius 3 is 2.50 bits per heavy atom. The van der Waals surface area contributed by atoms with E-state index in [1.165, 1.54) is 33.4 Å². The van der Waals surface area contributed by atoms with Crippen LogP contribution < -0.4 is 20.7 Å². The molecule has 30 heavy (non-hydrogen) atoms. The first-order valence-electron chi connectivity index (χ1n) is 9.34. The molecule has 0 unspecified atom stereocenters. The molecule has 2 amide bonds. The van der Waals surface area contributed by atoms with Crippen molar-refractivity contribution in [2.24, 2.45) is 0 Å². The molecule has 3 rings (SSSR count). The lowest BCUT2D eigenvalue weighted by molar-refractivity contribution is 0.200. The first-order chi connectivity index (χ1) is 14.2. The van der Waals surface area contributed by atoms with Gasteiger partial charge in [0.1, 0.15) is 29.4 Å². The monoisotopic (exact) mass is 415 g/mol. The van der Waals surface area contributed by atoms with Gasteiger partial charge in [-0.2, -0.15) is 0 Å². The molecular weight excluding hydrogens is 392 g/mol. The van der Waals surface area contributed by atoms with Gasteiger partial charge in [-0.25, -0.2) is 23.5 Å². The summed E-state index contributed by atoms with van der Waals surface area (Å²) in [5, 5.41) is 8.57. The van der Waals surface area contributed by atoms with Crippen LogP contribution >= 0.6 is 0 Å². The molecule has 0 aliphatic heterocycles. The maximum atomic E-state index is 14.5. The summed E-state index contributed by atoms with van der Waals surface area (Å²) in [6.45, 7) is 3.15. The van der Waals surface area contributed by atoms with E-state index in [0.29, 0.717) is 28.5 Å². The summed E-state index contributed by atoms with van der Waals surface area (Å²) in [7, 11) is 1.46. The number of anilines is 3. The molecule has 7 nitrogen and oxygen atoms in total. The van der Waals surface area contributed by atoms with Crippen molar-refractivity contribution in [2.45, 2.75) is 25.9 Å². The number of methoxy groups -OCH3 is 1. The molecule has 0 aliphatic carbocycles. The number of benzene rings is 2. The number of alkyl halides is 1. The number of ether oxygens (including phenoxy) is 1.